The maximum atomic E-state index is 13.4. The first-order valence-corrected chi connectivity index (χ1v) is 11.5. The highest BCUT2D eigenvalue weighted by atomic mass is 35.5. The largest absolute Gasteiger partial charge is 0.436 e. The number of nitrogens with one attached hydrogen (secondary N) is 2. The number of amides is 1. The van der Waals surface area contributed by atoms with E-state index in [1.165, 1.54) is 0 Å². The minimum atomic E-state index is -4.22. The van der Waals surface area contributed by atoms with Gasteiger partial charge < -0.3 is 9.73 Å². The van der Waals surface area contributed by atoms with Gasteiger partial charge in [-0.3, -0.25) is 4.79 Å². The number of rotatable bonds is 5. The summed E-state index contributed by atoms with van der Waals surface area (Å²) in [4.78, 5) is 14.7. The summed E-state index contributed by atoms with van der Waals surface area (Å²) >= 11 is 5.69. The molecule has 0 saturated heterocycles. The molecule has 1 amide bonds. The molecule has 168 valence electrons. The number of nitrogens with zero attached hydrogens (tertiary/aromatic N) is 1. The molecule has 0 bridgehead atoms. The maximum Gasteiger partial charge on any atom is 0.276 e. The second kappa shape index (κ2) is 9.05. The molecule has 0 saturated carbocycles. The van der Waals surface area contributed by atoms with Crippen molar-refractivity contribution in [3.63, 3.8) is 0 Å². The fourth-order valence-electron chi connectivity index (χ4n) is 2.95. The van der Waals surface area contributed by atoms with E-state index in [0.717, 1.165) is 23.8 Å². The minimum absolute atomic E-state index is 0.00844. The Kier molecular flexibility index (Phi) is 6.17. The van der Waals surface area contributed by atoms with E-state index in [-0.39, 0.29) is 21.0 Å². The third-order valence-electron chi connectivity index (χ3n) is 4.68. The second-order valence-electron chi connectivity index (χ2n) is 7.11. The lowest BCUT2D eigenvalue weighted by Gasteiger charge is -2.08. The summed E-state index contributed by atoms with van der Waals surface area (Å²) in [5, 5.41) is 6.84. The van der Waals surface area contributed by atoms with Crippen molar-refractivity contribution in [2.75, 3.05) is 5.32 Å². The molecule has 0 aliphatic rings. The van der Waals surface area contributed by atoms with Crippen LogP contribution >= 0.6 is 11.6 Å². The smallest absolute Gasteiger partial charge is 0.276 e. The summed E-state index contributed by atoms with van der Waals surface area (Å²) in [5.74, 6) is -1.30. The number of anilines is 1. The van der Waals surface area contributed by atoms with Crippen LogP contribution in [0.3, 0.4) is 0 Å². The highest BCUT2D eigenvalue weighted by molar-refractivity contribution is 7.89. The van der Waals surface area contributed by atoms with Crippen molar-refractivity contribution in [3.05, 3.63) is 100 Å². The van der Waals surface area contributed by atoms with Gasteiger partial charge in [-0.1, -0.05) is 47.5 Å². The molecule has 4 aromatic rings. The van der Waals surface area contributed by atoms with Gasteiger partial charge >= 0.3 is 0 Å². The number of hydrogen-bond acceptors (Lipinski definition) is 5. The Morgan fingerprint density at radius 3 is 2.48 bits per heavy atom. The van der Waals surface area contributed by atoms with Gasteiger partial charge in [0.15, 0.2) is 0 Å². The third-order valence-corrected chi connectivity index (χ3v) is 6.17. The van der Waals surface area contributed by atoms with Crippen LogP contribution in [0.5, 0.6) is 0 Å². The van der Waals surface area contributed by atoms with Crippen LogP contribution in [-0.4, -0.2) is 14.3 Å². The van der Waals surface area contributed by atoms with Crippen LogP contribution in [0.4, 0.5) is 10.1 Å². The number of halogens is 2. The predicted octanol–water partition coefficient (Wildman–Crippen LogP) is 4.58. The number of carbonyl (C=O) groups is 1. The molecule has 0 unspecified atom stereocenters. The van der Waals surface area contributed by atoms with Crippen molar-refractivity contribution in [1.82, 2.24) is 4.83 Å². The molecule has 7 nitrogen and oxygen atoms in total. The number of sulfonamides is 1. The third kappa shape index (κ3) is 5.05. The summed E-state index contributed by atoms with van der Waals surface area (Å²) in [5.41, 5.74) is 1.72. The van der Waals surface area contributed by atoms with E-state index in [2.05, 4.69) is 10.4 Å². The molecular formula is C23H17ClFN3O4S. The molecule has 3 aromatic carbocycles. The normalized spacial score (nSPS) is 12.0. The van der Waals surface area contributed by atoms with Gasteiger partial charge in [-0.15, -0.1) is 5.10 Å². The topological polar surface area (TPSA) is 101 Å². The van der Waals surface area contributed by atoms with Gasteiger partial charge in [0.1, 0.15) is 17.0 Å². The first-order valence-electron chi connectivity index (χ1n) is 9.64. The summed E-state index contributed by atoms with van der Waals surface area (Å²) < 4.78 is 44.3. The van der Waals surface area contributed by atoms with E-state index in [1.807, 2.05) is 23.9 Å². The van der Waals surface area contributed by atoms with E-state index < -0.39 is 21.7 Å². The van der Waals surface area contributed by atoms with Gasteiger partial charge in [-0.05, 0) is 49.4 Å². The Bertz CT molecular complexity index is 1530. The Morgan fingerprint density at radius 2 is 1.76 bits per heavy atom. The standard InChI is InChI=1S/C23H17ClFN3O4S/c1-14-6-8-16(9-7-14)26-22(29)18-12-15-4-2-3-5-21(15)32-23(18)27-28-33(30,31)17-10-11-20(25)19(24)13-17/h2-13,28H,1H3,(H,26,29). The van der Waals surface area contributed by atoms with Gasteiger partial charge in [-0.2, -0.15) is 13.2 Å². The number of hydrogen-bond donors (Lipinski definition) is 2. The van der Waals surface area contributed by atoms with Crippen LogP contribution in [0.15, 0.2) is 87.2 Å². The van der Waals surface area contributed by atoms with Crippen molar-refractivity contribution in [2.45, 2.75) is 11.8 Å². The predicted molar refractivity (Wildman–Crippen MR) is 123 cm³/mol. The first kappa shape index (κ1) is 22.5. The first-order chi connectivity index (χ1) is 15.7. The quantitative estimate of drug-likeness (QED) is 0.404. The Hall–Kier alpha value is -3.69. The summed E-state index contributed by atoms with van der Waals surface area (Å²) in [6.07, 6.45) is 0. The molecule has 33 heavy (non-hydrogen) atoms. The average Bonchev–Trinajstić information content (AvgIpc) is 2.80. The van der Waals surface area contributed by atoms with Crippen molar-refractivity contribution in [3.8, 4) is 0 Å². The average molecular weight is 486 g/mol. The molecule has 1 aromatic heterocycles. The fourth-order valence-corrected chi connectivity index (χ4v) is 4.02. The highest BCUT2D eigenvalue weighted by Crippen LogP contribution is 2.19. The molecule has 0 spiro atoms. The van der Waals surface area contributed by atoms with Crippen LogP contribution in [0.25, 0.3) is 11.0 Å². The highest BCUT2D eigenvalue weighted by Gasteiger charge is 2.17. The van der Waals surface area contributed by atoms with Crippen LogP contribution in [0.1, 0.15) is 15.9 Å². The number of benzene rings is 3. The van der Waals surface area contributed by atoms with E-state index in [4.69, 9.17) is 16.0 Å². The van der Waals surface area contributed by atoms with Crippen molar-refractivity contribution in [2.24, 2.45) is 5.10 Å². The van der Waals surface area contributed by atoms with Gasteiger partial charge in [0.05, 0.1) is 9.92 Å². The SMILES string of the molecule is Cc1ccc(NC(=O)c2cc3ccccc3oc2=NNS(=O)(=O)c2ccc(F)c(Cl)c2)cc1. The molecule has 0 aliphatic carbocycles. The monoisotopic (exact) mass is 485 g/mol. The summed E-state index contributed by atoms with van der Waals surface area (Å²) in [6, 6.07) is 18.5. The van der Waals surface area contributed by atoms with E-state index in [0.29, 0.717) is 16.7 Å². The zero-order valence-corrected chi connectivity index (χ0v) is 18.7. The molecule has 4 rings (SSSR count). The van der Waals surface area contributed by atoms with Crippen LogP contribution in [0, 0.1) is 12.7 Å². The summed E-state index contributed by atoms with van der Waals surface area (Å²) in [6.45, 7) is 1.92. The number of para-hydroxylation sites is 1. The molecule has 0 aliphatic heterocycles. The van der Waals surface area contributed by atoms with Crippen LogP contribution in [-0.2, 0) is 10.0 Å². The van der Waals surface area contributed by atoms with Gasteiger partial charge in [0.2, 0.25) is 5.55 Å². The molecule has 0 radical (unpaired) electrons. The Morgan fingerprint density at radius 1 is 1.03 bits per heavy atom. The van der Waals surface area contributed by atoms with Crippen molar-refractivity contribution < 1.29 is 22.0 Å². The molecule has 2 N–H and O–H groups in total. The van der Waals surface area contributed by atoms with Crippen LogP contribution < -0.4 is 15.7 Å². The zero-order valence-electron chi connectivity index (χ0n) is 17.2. The molecule has 0 fully saturated rings. The van der Waals surface area contributed by atoms with Crippen molar-refractivity contribution in [1.29, 1.82) is 0 Å². The van der Waals surface area contributed by atoms with Gasteiger partial charge in [0, 0.05) is 11.1 Å². The lowest BCUT2D eigenvalue weighted by Crippen LogP contribution is -2.27. The Balaban J connectivity index is 1.75. The van der Waals surface area contributed by atoms with Crippen molar-refractivity contribution >= 4 is 44.2 Å². The van der Waals surface area contributed by atoms with E-state index in [9.17, 15) is 17.6 Å². The van der Waals surface area contributed by atoms with Crippen LogP contribution in [0.2, 0.25) is 5.02 Å². The van der Waals surface area contributed by atoms with E-state index >= 15 is 0 Å². The second-order valence-corrected chi connectivity index (χ2v) is 9.17. The zero-order chi connectivity index (χ0) is 23.6. The maximum absolute atomic E-state index is 13.4. The molecule has 0 atom stereocenters. The molecular weight excluding hydrogens is 469 g/mol. The lowest BCUT2D eigenvalue weighted by molar-refractivity contribution is 0.102. The molecule has 1 heterocycles. The van der Waals surface area contributed by atoms with E-state index in [1.54, 1.807) is 42.5 Å². The number of carbonyl (C=O) groups excluding carboxylic acids is 1. The van der Waals surface area contributed by atoms with Gasteiger partial charge in [0.25, 0.3) is 15.9 Å². The van der Waals surface area contributed by atoms with Gasteiger partial charge in [-0.25, -0.2) is 4.39 Å². The summed E-state index contributed by atoms with van der Waals surface area (Å²) in [7, 11) is -4.22. The number of aryl methyl sites for hydroxylation is 1. The lowest BCUT2D eigenvalue weighted by atomic mass is 10.1. The number of fused-ring (bicyclic) bond motifs is 1. The fraction of sp³-hybridized carbons (Fsp3) is 0.0435. The minimum Gasteiger partial charge on any atom is -0.436 e. The Labute approximate surface area is 193 Å². The molecule has 10 heteroatoms.